The third-order valence-corrected chi connectivity index (χ3v) is 6.26. The predicted octanol–water partition coefficient (Wildman–Crippen LogP) is 2.68. The summed E-state index contributed by atoms with van der Waals surface area (Å²) in [6, 6.07) is 7.97. The Bertz CT molecular complexity index is 818. The summed E-state index contributed by atoms with van der Waals surface area (Å²) in [6.45, 7) is 2.94. The van der Waals surface area contributed by atoms with E-state index in [1.165, 1.54) is 0 Å². The fourth-order valence-electron chi connectivity index (χ4n) is 4.76. The third kappa shape index (κ3) is 3.69. The number of aliphatic hydroxyl groups is 1. The Morgan fingerprint density at radius 3 is 2.93 bits per heavy atom. The number of carbonyl (C=O) groups is 1. The van der Waals surface area contributed by atoms with Crippen LogP contribution in [0.15, 0.2) is 30.5 Å². The topological polar surface area (TPSA) is 63.9 Å². The van der Waals surface area contributed by atoms with E-state index in [4.69, 9.17) is 9.47 Å². The first-order valence-corrected chi connectivity index (χ1v) is 10.3. The fraction of sp³-hybridized carbons (Fsp3) is 0.591. The molecule has 1 amide bonds. The molecule has 1 N–H and O–H groups in total. The zero-order valence-corrected chi connectivity index (χ0v) is 16.5. The molecule has 152 valence electrons. The molecule has 1 aliphatic heterocycles. The molecule has 1 aliphatic carbocycles. The minimum absolute atomic E-state index is 0.0402. The number of nitrogens with zero attached hydrogens (tertiary/aromatic N) is 2. The van der Waals surface area contributed by atoms with Crippen LogP contribution in [0.25, 0.3) is 10.9 Å². The van der Waals surface area contributed by atoms with E-state index in [-0.39, 0.29) is 24.0 Å². The number of aliphatic hydroxyl groups excluding tert-OH is 1. The summed E-state index contributed by atoms with van der Waals surface area (Å²) < 4.78 is 13.0. The Balaban J connectivity index is 1.65. The van der Waals surface area contributed by atoms with E-state index in [2.05, 4.69) is 4.57 Å². The average Bonchev–Trinajstić information content (AvgIpc) is 3.11. The average molecular weight is 386 g/mol. The molecule has 0 bridgehead atoms. The van der Waals surface area contributed by atoms with Crippen LogP contribution in [0.1, 0.15) is 36.0 Å². The third-order valence-electron chi connectivity index (χ3n) is 6.26. The van der Waals surface area contributed by atoms with Crippen molar-refractivity contribution in [3.8, 4) is 0 Å². The lowest BCUT2D eigenvalue weighted by Crippen LogP contribution is -2.55. The van der Waals surface area contributed by atoms with Crippen molar-refractivity contribution in [3.05, 3.63) is 36.0 Å². The normalized spacial score (nSPS) is 25.9. The van der Waals surface area contributed by atoms with Gasteiger partial charge in [0.25, 0.3) is 5.91 Å². The van der Waals surface area contributed by atoms with Crippen LogP contribution in [0.2, 0.25) is 0 Å². The second kappa shape index (κ2) is 8.64. The van der Waals surface area contributed by atoms with E-state index >= 15 is 0 Å². The summed E-state index contributed by atoms with van der Waals surface area (Å²) in [5, 5.41) is 11.5. The van der Waals surface area contributed by atoms with Crippen molar-refractivity contribution in [3.63, 3.8) is 0 Å². The van der Waals surface area contributed by atoms with Crippen LogP contribution in [0.5, 0.6) is 0 Å². The van der Waals surface area contributed by atoms with Gasteiger partial charge in [-0.25, -0.2) is 0 Å². The second-order valence-electron chi connectivity index (χ2n) is 7.90. The lowest BCUT2D eigenvalue weighted by atomic mass is 9.80. The number of benzene rings is 1. The molecule has 0 radical (unpaired) electrons. The number of methoxy groups -OCH3 is 1. The van der Waals surface area contributed by atoms with E-state index in [0.717, 1.165) is 42.1 Å². The van der Waals surface area contributed by atoms with Gasteiger partial charge in [-0.3, -0.25) is 4.79 Å². The molecular weight excluding hydrogens is 356 g/mol. The number of hydrogen-bond donors (Lipinski definition) is 1. The van der Waals surface area contributed by atoms with Crippen LogP contribution in [-0.4, -0.2) is 66.1 Å². The molecule has 2 heterocycles. The maximum Gasteiger partial charge on any atom is 0.256 e. The minimum atomic E-state index is -0.348. The number of rotatable bonds is 5. The van der Waals surface area contributed by atoms with Gasteiger partial charge in [0, 0.05) is 43.2 Å². The van der Waals surface area contributed by atoms with Gasteiger partial charge in [0.15, 0.2) is 0 Å². The number of morpholine rings is 1. The van der Waals surface area contributed by atoms with Gasteiger partial charge < -0.3 is 24.0 Å². The van der Waals surface area contributed by atoms with Crippen LogP contribution in [0.3, 0.4) is 0 Å². The van der Waals surface area contributed by atoms with Crippen molar-refractivity contribution < 1.29 is 19.4 Å². The first-order valence-electron chi connectivity index (χ1n) is 10.3. The number of ether oxygens (including phenoxy) is 2. The molecule has 1 saturated heterocycles. The zero-order valence-electron chi connectivity index (χ0n) is 16.5. The molecule has 28 heavy (non-hydrogen) atoms. The standard InChI is InChI=1S/C22H30N2O4/c1-27-12-10-23-14-18(16-6-2-4-8-19(16)23)22(26)24-11-13-28-15-20(24)17-7-3-5-9-21(17)25/h2,4,6,8,14,17,20-21,25H,3,5,7,9-13,15H2,1H3/t17-,20-,21-/m1/s1. The Morgan fingerprint density at radius 2 is 2.11 bits per heavy atom. The highest BCUT2D eigenvalue weighted by atomic mass is 16.5. The molecule has 2 fully saturated rings. The van der Waals surface area contributed by atoms with E-state index in [9.17, 15) is 9.90 Å². The van der Waals surface area contributed by atoms with Gasteiger partial charge in [-0.05, 0) is 18.9 Å². The van der Waals surface area contributed by atoms with E-state index in [1.54, 1.807) is 7.11 Å². The number of hydrogen-bond acceptors (Lipinski definition) is 4. The highest BCUT2D eigenvalue weighted by Crippen LogP contribution is 2.32. The van der Waals surface area contributed by atoms with Crippen molar-refractivity contribution in [1.29, 1.82) is 0 Å². The van der Waals surface area contributed by atoms with Crippen molar-refractivity contribution in [2.24, 2.45) is 5.92 Å². The molecule has 1 aromatic carbocycles. The molecular formula is C22H30N2O4. The lowest BCUT2D eigenvalue weighted by Gasteiger charge is -2.43. The Morgan fingerprint density at radius 1 is 1.29 bits per heavy atom. The van der Waals surface area contributed by atoms with Gasteiger partial charge in [0.2, 0.25) is 0 Å². The molecule has 0 spiro atoms. The van der Waals surface area contributed by atoms with Gasteiger partial charge >= 0.3 is 0 Å². The quantitative estimate of drug-likeness (QED) is 0.858. The summed E-state index contributed by atoms with van der Waals surface area (Å²) in [4.78, 5) is 15.6. The van der Waals surface area contributed by atoms with E-state index < -0.39 is 0 Å². The molecule has 1 aromatic heterocycles. The largest absolute Gasteiger partial charge is 0.393 e. The van der Waals surface area contributed by atoms with Gasteiger partial charge in [-0.1, -0.05) is 31.0 Å². The minimum Gasteiger partial charge on any atom is -0.393 e. The van der Waals surface area contributed by atoms with E-state index in [0.29, 0.717) is 32.9 Å². The molecule has 0 unspecified atom stereocenters. The Hall–Kier alpha value is -1.89. The van der Waals surface area contributed by atoms with Crippen molar-refractivity contribution in [1.82, 2.24) is 9.47 Å². The second-order valence-corrected chi connectivity index (χ2v) is 7.90. The fourth-order valence-corrected chi connectivity index (χ4v) is 4.76. The van der Waals surface area contributed by atoms with Crippen LogP contribution < -0.4 is 0 Å². The first kappa shape index (κ1) is 19.4. The number of aromatic nitrogens is 1. The summed E-state index contributed by atoms with van der Waals surface area (Å²) in [5.41, 5.74) is 1.77. The van der Waals surface area contributed by atoms with Gasteiger partial charge in [0.1, 0.15) is 0 Å². The Kier molecular flexibility index (Phi) is 5.99. The highest BCUT2D eigenvalue weighted by molar-refractivity contribution is 6.07. The Labute approximate surface area is 166 Å². The molecule has 6 heteroatoms. The van der Waals surface area contributed by atoms with Gasteiger partial charge in [0.05, 0.1) is 37.5 Å². The SMILES string of the molecule is COCCn1cc(C(=O)N2CCOC[C@@H]2[C@H]2CCCC[C@H]2O)c2ccccc21. The molecule has 3 atom stereocenters. The molecule has 2 aromatic rings. The van der Waals surface area contributed by atoms with E-state index in [1.807, 2.05) is 35.4 Å². The number of carbonyl (C=O) groups excluding carboxylic acids is 1. The highest BCUT2D eigenvalue weighted by Gasteiger charge is 2.39. The van der Waals surface area contributed by atoms with Crippen LogP contribution >= 0.6 is 0 Å². The smallest absolute Gasteiger partial charge is 0.256 e. The molecule has 1 saturated carbocycles. The molecule has 2 aliphatic rings. The number of para-hydroxylation sites is 1. The lowest BCUT2D eigenvalue weighted by molar-refractivity contribution is -0.0562. The summed E-state index contributed by atoms with van der Waals surface area (Å²) >= 11 is 0. The van der Waals surface area contributed by atoms with Gasteiger partial charge in [-0.2, -0.15) is 0 Å². The van der Waals surface area contributed by atoms with Crippen molar-refractivity contribution in [2.75, 3.05) is 33.5 Å². The van der Waals surface area contributed by atoms with Gasteiger partial charge in [-0.15, -0.1) is 0 Å². The molecule has 6 nitrogen and oxygen atoms in total. The maximum absolute atomic E-state index is 13.6. The van der Waals surface area contributed by atoms with Crippen LogP contribution in [0, 0.1) is 5.92 Å². The predicted molar refractivity (Wildman–Crippen MR) is 107 cm³/mol. The summed E-state index contributed by atoms with van der Waals surface area (Å²) in [5.74, 6) is 0.137. The number of fused-ring (bicyclic) bond motifs is 1. The number of amides is 1. The maximum atomic E-state index is 13.6. The summed E-state index contributed by atoms with van der Waals surface area (Å²) in [7, 11) is 1.69. The molecule has 4 rings (SSSR count). The van der Waals surface area contributed by atoms with Crippen LogP contribution in [0.4, 0.5) is 0 Å². The van der Waals surface area contributed by atoms with Crippen LogP contribution in [-0.2, 0) is 16.0 Å². The monoisotopic (exact) mass is 386 g/mol. The summed E-state index contributed by atoms with van der Waals surface area (Å²) in [6.07, 6.45) is 5.55. The van der Waals surface area contributed by atoms with Crippen molar-refractivity contribution >= 4 is 16.8 Å². The van der Waals surface area contributed by atoms with Crippen molar-refractivity contribution in [2.45, 2.75) is 44.4 Å². The zero-order chi connectivity index (χ0) is 19.5. The first-order chi connectivity index (χ1) is 13.7.